The molecule has 0 aromatic heterocycles. The van der Waals surface area contributed by atoms with Crippen molar-refractivity contribution in [1.82, 2.24) is 10.2 Å². The maximum Gasteiger partial charge on any atom is 0.352 e. The van der Waals surface area contributed by atoms with E-state index in [4.69, 9.17) is 4.74 Å². The summed E-state index contributed by atoms with van der Waals surface area (Å²) in [6.07, 6.45) is 4.84. The Bertz CT molecular complexity index is 670. The van der Waals surface area contributed by atoms with Crippen LogP contribution in [0.1, 0.15) is 39.0 Å². The van der Waals surface area contributed by atoms with Gasteiger partial charge in [-0.1, -0.05) is 19.3 Å². The molecule has 2 unspecified atom stereocenters. The molecular weight excluding hydrogens is 360 g/mol. The van der Waals surface area contributed by atoms with E-state index >= 15 is 0 Å². The zero-order valence-corrected chi connectivity index (χ0v) is 15.3. The van der Waals surface area contributed by atoms with Crippen molar-refractivity contribution < 1.29 is 29.0 Å². The molecule has 26 heavy (non-hydrogen) atoms. The van der Waals surface area contributed by atoms with Gasteiger partial charge >= 0.3 is 11.9 Å². The zero-order valence-electron chi connectivity index (χ0n) is 14.5. The van der Waals surface area contributed by atoms with Crippen molar-refractivity contribution in [1.29, 1.82) is 0 Å². The third kappa shape index (κ3) is 3.58. The number of carbonyl (C=O) groups excluding carboxylic acids is 3. The highest BCUT2D eigenvalue weighted by molar-refractivity contribution is 8.00. The minimum absolute atomic E-state index is 0.0618. The van der Waals surface area contributed by atoms with Crippen LogP contribution in [0.25, 0.3) is 0 Å². The Balaban J connectivity index is 1.69. The Kier molecular flexibility index (Phi) is 5.55. The first-order valence-electron chi connectivity index (χ1n) is 8.74. The van der Waals surface area contributed by atoms with E-state index < -0.39 is 29.3 Å². The van der Waals surface area contributed by atoms with Crippen molar-refractivity contribution in [3.05, 3.63) is 11.3 Å². The van der Waals surface area contributed by atoms with Crippen LogP contribution in [0.4, 0.5) is 0 Å². The summed E-state index contributed by atoms with van der Waals surface area (Å²) in [6.45, 7) is 1.09. The Labute approximate surface area is 155 Å². The van der Waals surface area contributed by atoms with E-state index in [-0.39, 0.29) is 24.1 Å². The molecular formula is C17H22N2O6S. The lowest BCUT2D eigenvalue weighted by Crippen LogP contribution is -2.71. The summed E-state index contributed by atoms with van der Waals surface area (Å²) < 4.78 is 4.89. The number of thioether (sulfide) groups is 1. The van der Waals surface area contributed by atoms with Gasteiger partial charge in [0.1, 0.15) is 23.7 Å². The number of ether oxygens (including phenoxy) is 1. The molecule has 3 rings (SSSR count). The van der Waals surface area contributed by atoms with Crippen LogP contribution >= 0.6 is 11.8 Å². The number of rotatable bonds is 5. The van der Waals surface area contributed by atoms with Crippen LogP contribution in [0.5, 0.6) is 0 Å². The standard InChI is InChI=1S/C17H22N2O6S/c1-9(20)25-7-11-8-26-16-12(15(22)19(16)13(11)17(23)24)18-14(21)10-5-3-2-4-6-10/h10,12,16H,2-8H2,1H3,(H,18,21)(H,23,24). The number of aliphatic carboxylic acids is 1. The predicted molar refractivity (Wildman–Crippen MR) is 92.9 cm³/mol. The zero-order chi connectivity index (χ0) is 18.8. The summed E-state index contributed by atoms with van der Waals surface area (Å²) in [5, 5.41) is 11.9. The first kappa shape index (κ1) is 18.8. The van der Waals surface area contributed by atoms with Gasteiger partial charge in [-0.05, 0) is 12.8 Å². The molecule has 2 amide bonds. The van der Waals surface area contributed by atoms with Crippen LogP contribution < -0.4 is 5.32 Å². The molecule has 2 N–H and O–H groups in total. The number of carboxylic acids is 1. The molecule has 0 spiro atoms. The van der Waals surface area contributed by atoms with E-state index in [1.807, 2.05) is 0 Å². The lowest BCUT2D eigenvalue weighted by Gasteiger charge is -2.49. The summed E-state index contributed by atoms with van der Waals surface area (Å²) in [5.41, 5.74) is 0.252. The van der Waals surface area contributed by atoms with Crippen LogP contribution in [0.2, 0.25) is 0 Å². The van der Waals surface area contributed by atoms with Crippen molar-refractivity contribution in [2.45, 2.75) is 50.4 Å². The molecule has 0 bridgehead atoms. The lowest BCUT2D eigenvalue weighted by atomic mass is 9.88. The third-order valence-corrected chi connectivity index (χ3v) is 6.31. The molecule has 9 heteroatoms. The highest BCUT2D eigenvalue weighted by Gasteiger charge is 2.54. The first-order chi connectivity index (χ1) is 12.4. The van der Waals surface area contributed by atoms with Gasteiger partial charge in [-0.15, -0.1) is 11.8 Å². The SMILES string of the molecule is CC(=O)OCC1=C(C(=O)O)N2C(=O)C(NC(=O)C3CCCCC3)C2SC1. The van der Waals surface area contributed by atoms with E-state index in [9.17, 15) is 24.3 Å². The Hall–Kier alpha value is -2.03. The Morgan fingerprint density at radius 2 is 1.96 bits per heavy atom. The fraction of sp³-hybridized carbons (Fsp3) is 0.647. The number of hydrogen-bond donors (Lipinski definition) is 2. The van der Waals surface area contributed by atoms with E-state index in [2.05, 4.69) is 5.32 Å². The van der Waals surface area contributed by atoms with Crippen molar-refractivity contribution >= 4 is 35.5 Å². The lowest BCUT2D eigenvalue weighted by molar-refractivity contribution is -0.151. The molecule has 0 radical (unpaired) electrons. The topological polar surface area (TPSA) is 113 Å². The van der Waals surface area contributed by atoms with E-state index in [1.54, 1.807) is 0 Å². The number of carbonyl (C=O) groups is 4. The number of nitrogens with one attached hydrogen (secondary N) is 1. The second-order valence-corrected chi connectivity index (χ2v) is 7.87. The minimum Gasteiger partial charge on any atom is -0.477 e. The van der Waals surface area contributed by atoms with Gasteiger partial charge in [0.2, 0.25) is 5.91 Å². The predicted octanol–water partition coefficient (Wildman–Crippen LogP) is 0.868. The normalized spacial score (nSPS) is 26.0. The van der Waals surface area contributed by atoms with Gasteiger partial charge in [0, 0.05) is 24.2 Å². The molecule has 1 aliphatic carbocycles. The number of fused-ring (bicyclic) bond motifs is 1. The van der Waals surface area contributed by atoms with E-state index in [0.29, 0.717) is 11.3 Å². The molecule has 1 saturated carbocycles. The number of hydrogen-bond acceptors (Lipinski definition) is 6. The van der Waals surface area contributed by atoms with Crippen molar-refractivity contribution in [3.8, 4) is 0 Å². The van der Waals surface area contributed by atoms with Crippen LogP contribution in [-0.4, -0.2) is 57.5 Å². The maximum absolute atomic E-state index is 12.5. The van der Waals surface area contributed by atoms with Crippen LogP contribution in [0.15, 0.2) is 11.3 Å². The van der Waals surface area contributed by atoms with E-state index in [1.165, 1.54) is 23.6 Å². The van der Waals surface area contributed by atoms with Gasteiger partial charge < -0.3 is 15.2 Å². The second-order valence-electron chi connectivity index (χ2n) is 6.77. The highest BCUT2D eigenvalue weighted by atomic mass is 32.2. The number of nitrogens with zero attached hydrogens (tertiary/aromatic N) is 1. The quantitative estimate of drug-likeness (QED) is 0.536. The molecule has 0 aromatic rings. The molecule has 3 aliphatic rings. The largest absolute Gasteiger partial charge is 0.477 e. The maximum atomic E-state index is 12.5. The molecule has 142 valence electrons. The fourth-order valence-corrected chi connectivity index (χ4v) is 4.95. The number of β-lactam (4-membered cyclic amide) rings is 1. The van der Waals surface area contributed by atoms with Gasteiger partial charge in [-0.2, -0.15) is 0 Å². The minimum atomic E-state index is -1.23. The van der Waals surface area contributed by atoms with Crippen LogP contribution in [0.3, 0.4) is 0 Å². The summed E-state index contributed by atoms with van der Waals surface area (Å²) in [4.78, 5) is 48.7. The average molecular weight is 382 g/mol. The molecule has 2 atom stereocenters. The molecule has 8 nitrogen and oxygen atoms in total. The number of amides is 2. The number of esters is 1. The van der Waals surface area contributed by atoms with Gasteiger partial charge in [0.25, 0.3) is 5.91 Å². The smallest absolute Gasteiger partial charge is 0.352 e. The Morgan fingerprint density at radius 1 is 1.27 bits per heavy atom. The van der Waals surface area contributed by atoms with Crippen LogP contribution in [-0.2, 0) is 23.9 Å². The molecule has 2 fully saturated rings. The summed E-state index contributed by atoms with van der Waals surface area (Å²) in [6, 6.07) is -0.695. The third-order valence-electron chi connectivity index (χ3n) is 4.97. The average Bonchev–Trinajstić information content (AvgIpc) is 2.63. The first-order valence-corrected chi connectivity index (χ1v) is 9.78. The van der Waals surface area contributed by atoms with Crippen molar-refractivity contribution in [2.24, 2.45) is 5.92 Å². The summed E-state index contributed by atoms with van der Waals surface area (Å²) in [7, 11) is 0. The van der Waals surface area contributed by atoms with Gasteiger partial charge in [0.15, 0.2) is 0 Å². The molecule has 2 aliphatic heterocycles. The fourth-order valence-electron chi connectivity index (χ4n) is 3.62. The van der Waals surface area contributed by atoms with E-state index in [0.717, 1.165) is 32.1 Å². The van der Waals surface area contributed by atoms with Crippen molar-refractivity contribution in [2.75, 3.05) is 12.4 Å². The second kappa shape index (κ2) is 7.69. The van der Waals surface area contributed by atoms with Gasteiger partial charge in [-0.25, -0.2) is 4.79 Å². The number of carboxylic acid groups (broad SMARTS) is 1. The van der Waals surface area contributed by atoms with Crippen LogP contribution in [0, 0.1) is 5.92 Å². The molecule has 1 saturated heterocycles. The highest BCUT2D eigenvalue weighted by Crippen LogP contribution is 2.40. The van der Waals surface area contributed by atoms with Gasteiger partial charge in [0.05, 0.1) is 0 Å². The summed E-state index contributed by atoms with van der Waals surface area (Å²) >= 11 is 1.37. The molecule has 0 aromatic carbocycles. The molecule has 2 heterocycles. The van der Waals surface area contributed by atoms with Gasteiger partial charge in [-0.3, -0.25) is 19.3 Å². The monoisotopic (exact) mass is 382 g/mol. The van der Waals surface area contributed by atoms with Crippen molar-refractivity contribution in [3.63, 3.8) is 0 Å². The summed E-state index contributed by atoms with van der Waals surface area (Å²) in [5.74, 6) is -2.02. The Morgan fingerprint density at radius 3 is 2.58 bits per heavy atom.